The molecule has 4 rings (SSSR count). The van der Waals surface area contributed by atoms with E-state index in [4.69, 9.17) is 4.98 Å². The second kappa shape index (κ2) is 9.05. The second-order valence-electron chi connectivity index (χ2n) is 8.12. The number of anilines is 1. The van der Waals surface area contributed by atoms with E-state index >= 15 is 0 Å². The lowest BCUT2D eigenvalue weighted by atomic mass is 10.2. The third-order valence-electron chi connectivity index (χ3n) is 5.99. The summed E-state index contributed by atoms with van der Waals surface area (Å²) < 4.78 is 16.6. The monoisotopic (exact) mass is 428 g/mol. The van der Waals surface area contributed by atoms with Crippen LogP contribution < -0.4 is 16.1 Å². The Labute approximate surface area is 179 Å². The van der Waals surface area contributed by atoms with Crippen LogP contribution in [-0.2, 0) is 20.1 Å². The molecule has 0 saturated carbocycles. The van der Waals surface area contributed by atoms with Crippen LogP contribution in [0.3, 0.4) is 0 Å². The summed E-state index contributed by atoms with van der Waals surface area (Å²) in [5, 5.41) is 0. The van der Waals surface area contributed by atoms with E-state index in [1.165, 1.54) is 12.1 Å². The van der Waals surface area contributed by atoms with Crippen molar-refractivity contribution in [2.24, 2.45) is 7.05 Å². The zero-order valence-corrected chi connectivity index (χ0v) is 18.1. The Hall–Kier alpha value is -2.94. The molecule has 2 aromatic heterocycles. The van der Waals surface area contributed by atoms with E-state index in [-0.39, 0.29) is 5.82 Å². The molecule has 1 aliphatic heterocycles. The zero-order chi connectivity index (χ0) is 22.0. The Morgan fingerprint density at radius 1 is 1.10 bits per heavy atom. The highest BCUT2D eigenvalue weighted by Gasteiger charge is 2.20. The number of imidazole rings is 1. The van der Waals surface area contributed by atoms with Gasteiger partial charge in [-0.1, -0.05) is 13.3 Å². The molecule has 3 heterocycles. The van der Waals surface area contributed by atoms with E-state index in [2.05, 4.69) is 21.7 Å². The SMILES string of the molecule is CCCCn1c(=O)[nH]c(=O)c2c1nc(CN1CCCN(c3ccc(F)cc3)CC1)n2C. The average Bonchev–Trinajstić information content (AvgIpc) is 2.91. The summed E-state index contributed by atoms with van der Waals surface area (Å²) in [6.45, 7) is 6.67. The number of H-pyrrole nitrogens is 1. The van der Waals surface area contributed by atoms with Crippen molar-refractivity contribution in [1.82, 2.24) is 24.0 Å². The standard InChI is InChI=1S/C22H29FN6O2/c1-3-4-12-29-20-19(21(30)25-22(29)31)26(2)18(24-20)15-27-10-5-11-28(14-13-27)17-8-6-16(23)7-9-17/h6-9H,3-5,10-15H2,1-2H3,(H,25,30,31). The summed E-state index contributed by atoms with van der Waals surface area (Å²) in [6.07, 6.45) is 2.77. The number of halogens is 1. The first-order valence-electron chi connectivity index (χ1n) is 10.9. The summed E-state index contributed by atoms with van der Waals surface area (Å²) >= 11 is 0. The lowest BCUT2D eigenvalue weighted by Gasteiger charge is -2.23. The molecule has 1 saturated heterocycles. The number of hydrogen-bond acceptors (Lipinski definition) is 5. The van der Waals surface area contributed by atoms with Gasteiger partial charge in [-0.3, -0.25) is 19.2 Å². The van der Waals surface area contributed by atoms with Gasteiger partial charge in [0.25, 0.3) is 5.56 Å². The van der Waals surface area contributed by atoms with Gasteiger partial charge in [-0.05, 0) is 37.1 Å². The topological polar surface area (TPSA) is 79.2 Å². The number of aromatic nitrogens is 4. The molecule has 0 aliphatic carbocycles. The fourth-order valence-electron chi connectivity index (χ4n) is 4.20. The second-order valence-corrected chi connectivity index (χ2v) is 8.12. The molecule has 9 heteroatoms. The van der Waals surface area contributed by atoms with Gasteiger partial charge in [0, 0.05) is 45.5 Å². The Kier molecular flexibility index (Phi) is 6.22. The van der Waals surface area contributed by atoms with Crippen molar-refractivity contribution < 1.29 is 4.39 Å². The van der Waals surface area contributed by atoms with Crippen molar-refractivity contribution >= 4 is 16.9 Å². The maximum atomic E-state index is 13.2. The minimum Gasteiger partial charge on any atom is -0.370 e. The molecule has 8 nitrogen and oxygen atoms in total. The van der Waals surface area contributed by atoms with Crippen molar-refractivity contribution in [2.45, 2.75) is 39.3 Å². The van der Waals surface area contributed by atoms with Crippen LogP contribution in [0.15, 0.2) is 33.9 Å². The number of benzene rings is 1. The average molecular weight is 429 g/mol. The molecule has 1 aliphatic rings. The van der Waals surface area contributed by atoms with Gasteiger partial charge in [0.05, 0.1) is 6.54 Å². The lowest BCUT2D eigenvalue weighted by molar-refractivity contribution is 0.276. The zero-order valence-electron chi connectivity index (χ0n) is 18.1. The number of nitrogens with one attached hydrogen (secondary N) is 1. The highest BCUT2D eigenvalue weighted by Crippen LogP contribution is 2.18. The predicted molar refractivity (Wildman–Crippen MR) is 119 cm³/mol. The third kappa shape index (κ3) is 4.41. The van der Waals surface area contributed by atoms with E-state index in [0.717, 1.165) is 57.0 Å². The summed E-state index contributed by atoms with van der Waals surface area (Å²) in [5.74, 6) is 0.543. The molecule has 0 unspecified atom stereocenters. The van der Waals surface area contributed by atoms with Crippen LogP contribution in [-0.4, -0.2) is 50.2 Å². The van der Waals surface area contributed by atoms with E-state index < -0.39 is 11.2 Å². The third-order valence-corrected chi connectivity index (χ3v) is 5.99. The van der Waals surface area contributed by atoms with Crippen molar-refractivity contribution in [3.05, 3.63) is 56.7 Å². The first-order chi connectivity index (χ1) is 15.0. The molecular formula is C22H29FN6O2. The van der Waals surface area contributed by atoms with Crippen molar-refractivity contribution in [3.63, 3.8) is 0 Å². The fraction of sp³-hybridized carbons (Fsp3) is 0.500. The molecule has 1 N–H and O–H groups in total. The van der Waals surface area contributed by atoms with Gasteiger partial charge < -0.3 is 9.47 Å². The van der Waals surface area contributed by atoms with Crippen LogP contribution in [0.4, 0.5) is 10.1 Å². The number of aryl methyl sites for hydroxylation is 2. The van der Waals surface area contributed by atoms with Gasteiger partial charge in [-0.25, -0.2) is 14.2 Å². The maximum Gasteiger partial charge on any atom is 0.330 e. The summed E-state index contributed by atoms with van der Waals surface area (Å²) in [4.78, 5) is 36.5. The molecule has 0 spiro atoms. The lowest BCUT2D eigenvalue weighted by Crippen LogP contribution is -2.31. The van der Waals surface area contributed by atoms with Crippen molar-refractivity contribution in [3.8, 4) is 0 Å². The van der Waals surface area contributed by atoms with Gasteiger partial charge in [-0.2, -0.15) is 0 Å². The molecular weight excluding hydrogens is 399 g/mol. The molecule has 1 aromatic carbocycles. The van der Waals surface area contributed by atoms with Crippen LogP contribution in [0.5, 0.6) is 0 Å². The van der Waals surface area contributed by atoms with Gasteiger partial charge in [0.2, 0.25) is 0 Å². The largest absolute Gasteiger partial charge is 0.370 e. The Bertz CT molecular complexity index is 1160. The minimum atomic E-state index is -0.402. The minimum absolute atomic E-state index is 0.227. The number of fused-ring (bicyclic) bond motifs is 1. The van der Waals surface area contributed by atoms with Crippen LogP contribution >= 0.6 is 0 Å². The molecule has 1 fully saturated rings. The van der Waals surface area contributed by atoms with Crippen LogP contribution in [0.1, 0.15) is 32.0 Å². The highest BCUT2D eigenvalue weighted by atomic mass is 19.1. The van der Waals surface area contributed by atoms with Gasteiger partial charge in [-0.15, -0.1) is 0 Å². The molecule has 166 valence electrons. The van der Waals surface area contributed by atoms with Gasteiger partial charge >= 0.3 is 5.69 Å². The summed E-state index contributed by atoms with van der Waals surface area (Å²) in [6, 6.07) is 6.62. The normalized spacial score (nSPS) is 15.5. The van der Waals surface area contributed by atoms with Gasteiger partial charge in [0.1, 0.15) is 11.6 Å². The molecule has 0 bridgehead atoms. The van der Waals surface area contributed by atoms with Crippen LogP contribution in [0.2, 0.25) is 0 Å². The number of aromatic amines is 1. The van der Waals surface area contributed by atoms with E-state index in [1.54, 1.807) is 9.13 Å². The number of hydrogen-bond donors (Lipinski definition) is 1. The van der Waals surface area contributed by atoms with E-state index in [9.17, 15) is 14.0 Å². The first-order valence-corrected chi connectivity index (χ1v) is 10.9. The maximum absolute atomic E-state index is 13.2. The molecule has 0 amide bonds. The molecule has 31 heavy (non-hydrogen) atoms. The van der Waals surface area contributed by atoms with E-state index in [0.29, 0.717) is 24.3 Å². The number of rotatable bonds is 6. The predicted octanol–water partition coefficient (Wildman–Crippen LogP) is 2.07. The van der Waals surface area contributed by atoms with Crippen LogP contribution in [0.25, 0.3) is 11.2 Å². The highest BCUT2D eigenvalue weighted by molar-refractivity contribution is 5.70. The molecule has 3 aromatic rings. The summed E-state index contributed by atoms with van der Waals surface area (Å²) in [5.41, 5.74) is 1.13. The first kappa shape index (κ1) is 21.3. The van der Waals surface area contributed by atoms with Crippen molar-refractivity contribution in [1.29, 1.82) is 0 Å². The molecule has 0 radical (unpaired) electrons. The Morgan fingerprint density at radius 2 is 1.87 bits per heavy atom. The van der Waals surface area contributed by atoms with Crippen LogP contribution in [0, 0.1) is 5.82 Å². The molecule has 0 atom stereocenters. The van der Waals surface area contributed by atoms with Crippen molar-refractivity contribution in [2.75, 3.05) is 31.1 Å². The Balaban J connectivity index is 1.55. The quantitative estimate of drug-likeness (QED) is 0.650. The summed E-state index contributed by atoms with van der Waals surface area (Å²) in [7, 11) is 1.83. The fourth-order valence-corrected chi connectivity index (χ4v) is 4.20. The number of nitrogens with zero attached hydrogens (tertiary/aromatic N) is 5. The van der Waals surface area contributed by atoms with E-state index in [1.807, 2.05) is 19.2 Å². The van der Waals surface area contributed by atoms with Gasteiger partial charge in [0.15, 0.2) is 11.2 Å². The smallest absolute Gasteiger partial charge is 0.330 e. The Morgan fingerprint density at radius 3 is 2.61 bits per heavy atom. The number of unbranched alkanes of at least 4 members (excludes halogenated alkanes) is 1.